The lowest BCUT2D eigenvalue weighted by atomic mass is 9.95. The van der Waals surface area contributed by atoms with Crippen molar-refractivity contribution in [2.24, 2.45) is 5.92 Å². The molecule has 1 saturated heterocycles. The van der Waals surface area contributed by atoms with Gasteiger partial charge in [0.05, 0.1) is 0 Å². The lowest BCUT2D eigenvalue weighted by molar-refractivity contribution is -0.137. The Morgan fingerprint density at radius 2 is 2.00 bits per heavy atom. The van der Waals surface area contributed by atoms with Gasteiger partial charge in [0.2, 0.25) is 0 Å². The van der Waals surface area contributed by atoms with E-state index in [9.17, 15) is 4.79 Å². The van der Waals surface area contributed by atoms with Crippen LogP contribution in [0.5, 0.6) is 0 Å². The van der Waals surface area contributed by atoms with Crippen LogP contribution in [-0.4, -0.2) is 29.1 Å². The van der Waals surface area contributed by atoms with Crippen molar-refractivity contribution >= 4 is 5.97 Å². The molecule has 2 rings (SSSR count). The molecular formula is C16H23NO2. The van der Waals surface area contributed by atoms with Gasteiger partial charge in [-0.3, -0.25) is 9.69 Å². The van der Waals surface area contributed by atoms with Crippen molar-refractivity contribution < 1.29 is 9.90 Å². The van der Waals surface area contributed by atoms with Crippen LogP contribution in [0.25, 0.3) is 0 Å². The van der Waals surface area contributed by atoms with Crippen molar-refractivity contribution in [1.29, 1.82) is 0 Å². The fourth-order valence-electron chi connectivity index (χ4n) is 2.84. The number of carboxylic acid groups (broad SMARTS) is 1. The van der Waals surface area contributed by atoms with Crippen molar-refractivity contribution in [3.8, 4) is 0 Å². The minimum absolute atomic E-state index is 0.323. The highest BCUT2D eigenvalue weighted by atomic mass is 16.4. The molecule has 0 aliphatic carbocycles. The molecule has 0 amide bonds. The molecular weight excluding hydrogens is 238 g/mol. The van der Waals surface area contributed by atoms with Crippen molar-refractivity contribution in [2.75, 3.05) is 13.1 Å². The Kier molecular flexibility index (Phi) is 5.40. The molecule has 0 saturated carbocycles. The van der Waals surface area contributed by atoms with Gasteiger partial charge in [0.1, 0.15) is 0 Å². The van der Waals surface area contributed by atoms with Crippen molar-refractivity contribution in [3.05, 3.63) is 35.9 Å². The second-order valence-electron chi connectivity index (χ2n) is 5.49. The lowest BCUT2D eigenvalue weighted by Crippen LogP contribution is -2.24. The first-order valence-electron chi connectivity index (χ1n) is 7.22. The Bertz CT molecular complexity index is 391. The normalized spacial score (nSPS) is 20.9. The van der Waals surface area contributed by atoms with Crippen LogP contribution < -0.4 is 0 Å². The van der Waals surface area contributed by atoms with Crippen molar-refractivity contribution in [3.63, 3.8) is 0 Å². The van der Waals surface area contributed by atoms with E-state index in [0.717, 1.165) is 32.5 Å². The quantitative estimate of drug-likeness (QED) is 0.885. The number of aliphatic carboxylic acids is 1. The Labute approximate surface area is 115 Å². The zero-order valence-corrected chi connectivity index (χ0v) is 11.4. The highest BCUT2D eigenvalue weighted by Crippen LogP contribution is 2.22. The summed E-state index contributed by atoms with van der Waals surface area (Å²) in [5, 5.41) is 8.75. The molecule has 19 heavy (non-hydrogen) atoms. The minimum Gasteiger partial charge on any atom is -0.481 e. The molecule has 1 aromatic carbocycles. The summed E-state index contributed by atoms with van der Waals surface area (Å²) < 4.78 is 0. The molecule has 1 N–H and O–H groups in total. The minimum atomic E-state index is -0.662. The zero-order valence-electron chi connectivity index (χ0n) is 11.4. The van der Waals surface area contributed by atoms with E-state index in [0.29, 0.717) is 12.3 Å². The van der Waals surface area contributed by atoms with Crippen LogP contribution in [0.4, 0.5) is 0 Å². The van der Waals surface area contributed by atoms with Gasteiger partial charge in [0.15, 0.2) is 0 Å². The second-order valence-corrected chi connectivity index (χ2v) is 5.49. The summed E-state index contributed by atoms with van der Waals surface area (Å²) in [4.78, 5) is 13.1. The lowest BCUT2D eigenvalue weighted by Gasteiger charge is -2.20. The van der Waals surface area contributed by atoms with Gasteiger partial charge in [-0.15, -0.1) is 0 Å². The molecule has 0 radical (unpaired) electrons. The molecule has 0 bridgehead atoms. The van der Waals surface area contributed by atoms with Gasteiger partial charge in [0.25, 0.3) is 0 Å². The predicted molar refractivity (Wildman–Crippen MR) is 75.9 cm³/mol. The van der Waals surface area contributed by atoms with E-state index in [-0.39, 0.29) is 0 Å². The van der Waals surface area contributed by atoms with Gasteiger partial charge in [-0.1, -0.05) is 30.3 Å². The van der Waals surface area contributed by atoms with E-state index in [4.69, 9.17) is 5.11 Å². The number of nitrogens with zero attached hydrogens (tertiary/aromatic N) is 1. The van der Waals surface area contributed by atoms with E-state index >= 15 is 0 Å². The van der Waals surface area contributed by atoms with Crippen LogP contribution in [-0.2, 0) is 11.3 Å². The Morgan fingerprint density at radius 1 is 1.21 bits per heavy atom. The maximum atomic E-state index is 10.6. The number of likely N-dealkylation sites (tertiary alicyclic amines) is 1. The van der Waals surface area contributed by atoms with Crippen LogP contribution in [0.1, 0.15) is 37.7 Å². The highest BCUT2D eigenvalue weighted by Gasteiger charge is 2.17. The molecule has 1 aromatic rings. The molecule has 1 aliphatic heterocycles. The average molecular weight is 261 g/mol. The average Bonchev–Trinajstić information content (AvgIpc) is 2.63. The topological polar surface area (TPSA) is 40.5 Å². The van der Waals surface area contributed by atoms with Crippen molar-refractivity contribution in [1.82, 2.24) is 4.90 Å². The molecule has 104 valence electrons. The molecule has 0 aromatic heterocycles. The van der Waals surface area contributed by atoms with Gasteiger partial charge in [-0.25, -0.2) is 0 Å². The molecule has 3 heteroatoms. The van der Waals surface area contributed by atoms with E-state index in [1.807, 2.05) is 6.07 Å². The van der Waals surface area contributed by atoms with Crippen LogP contribution in [0.15, 0.2) is 30.3 Å². The van der Waals surface area contributed by atoms with Crippen LogP contribution in [0, 0.1) is 5.92 Å². The van der Waals surface area contributed by atoms with Gasteiger partial charge in [-0.05, 0) is 50.3 Å². The molecule has 1 atom stereocenters. The first-order chi connectivity index (χ1) is 9.24. The summed E-state index contributed by atoms with van der Waals surface area (Å²) in [5.74, 6) is -0.0674. The fourth-order valence-corrected chi connectivity index (χ4v) is 2.84. The maximum Gasteiger partial charge on any atom is 0.303 e. The number of rotatable bonds is 5. The molecule has 3 nitrogen and oxygen atoms in total. The van der Waals surface area contributed by atoms with Crippen LogP contribution >= 0.6 is 0 Å². The first-order valence-corrected chi connectivity index (χ1v) is 7.22. The van der Waals surface area contributed by atoms with Crippen molar-refractivity contribution in [2.45, 2.75) is 38.6 Å². The number of hydrogen-bond acceptors (Lipinski definition) is 2. The van der Waals surface area contributed by atoms with Crippen LogP contribution in [0.2, 0.25) is 0 Å². The largest absolute Gasteiger partial charge is 0.481 e. The fraction of sp³-hybridized carbons (Fsp3) is 0.562. The zero-order chi connectivity index (χ0) is 13.5. The number of benzene rings is 1. The number of hydrogen-bond donors (Lipinski definition) is 1. The third-order valence-corrected chi connectivity index (χ3v) is 3.96. The van der Waals surface area contributed by atoms with Gasteiger partial charge in [-0.2, -0.15) is 0 Å². The SMILES string of the molecule is O=C(O)CCC1CCCN(Cc2ccccc2)CC1. The van der Waals surface area contributed by atoms with E-state index < -0.39 is 5.97 Å². The highest BCUT2D eigenvalue weighted by molar-refractivity contribution is 5.66. The van der Waals surface area contributed by atoms with Gasteiger partial charge in [0, 0.05) is 13.0 Å². The smallest absolute Gasteiger partial charge is 0.303 e. The third kappa shape index (κ3) is 5.03. The van der Waals surface area contributed by atoms with E-state index in [1.165, 1.54) is 18.4 Å². The molecule has 1 fully saturated rings. The summed E-state index contributed by atoms with van der Waals surface area (Å²) in [6.45, 7) is 3.25. The maximum absolute atomic E-state index is 10.6. The molecule has 0 spiro atoms. The summed E-state index contributed by atoms with van der Waals surface area (Å²) in [6.07, 6.45) is 4.67. The van der Waals surface area contributed by atoms with Gasteiger partial charge >= 0.3 is 5.97 Å². The standard InChI is InChI=1S/C16H23NO2/c18-16(19)9-8-14-7-4-11-17(12-10-14)13-15-5-2-1-3-6-15/h1-3,5-6,14H,4,7-13H2,(H,18,19). The third-order valence-electron chi connectivity index (χ3n) is 3.96. The Hall–Kier alpha value is -1.35. The molecule has 1 heterocycles. The van der Waals surface area contributed by atoms with E-state index in [1.54, 1.807) is 0 Å². The first kappa shape index (κ1) is 14.1. The van der Waals surface area contributed by atoms with Crippen LogP contribution in [0.3, 0.4) is 0 Å². The summed E-state index contributed by atoms with van der Waals surface area (Å²) >= 11 is 0. The van der Waals surface area contributed by atoms with Gasteiger partial charge < -0.3 is 5.11 Å². The summed E-state index contributed by atoms with van der Waals surface area (Å²) in [7, 11) is 0. The number of carbonyl (C=O) groups is 1. The monoisotopic (exact) mass is 261 g/mol. The molecule has 1 unspecified atom stereocenters. The summed E-state index contributed by atoms with van der Waals surface area (Å²) in [6, 6.07) is 10.6. The molecule has 1 aliphatic rings. The second kappa shape index (κ2) is 7.29. The summed E-state index contributed by atoms with van der Waals surface area (Å²) in [5.41, 5.74) is 1.37. The van der Waals surface area contributed by atoms with E-state index in [2.05, 4.69) is 29.2 Å². The predicted octanol–water partition coefficient (Wildman–Crippen LogP) is 3.15. The number of carboxylic acids is 1. The Morgan fingerprint density at radius 3 is 2.74 bits per heavy atom. The Balaban J connectivity index is 1.78.